The van der Waals surface area contributed by atoms with E-state index in [1.807, 2.05) is 18.2 Å². The first-order chi connectivity index (χ1) is 11.7. The highest BCUT2D eigenvalue weighted by atomic mass is 15.3. The lowest BCUT2D eigenvalue weighted by Crippen LogP contribution is -2.52. The number of aryl methyl sites for hydroxylation is 1. The molecule has 3 rings (SSSR count). The molecule has 0 radical (unpaired) electrons. The van der Waals surface area contributed by atoms with E-state index in [-0.39, 0.29) is 0 Å². The van der Waals surface area contributed by atoms with Gasteiger partial charge in [-0.05, 0) is 51.9 Å². The highest BCUT2D eigenvalue weighted by Gasteiger charge is 2.28. The number of nitrogens with one attached hydrogen (secondary N) is 2. The predicted octanol–water partition coefficient (Wildman–Crippen LogP) is 2.05. The lowest BCUT2D eigenvalue weighted by atomic mass is 10.1. The standard InChI is InChI=1S/C19H29N5/c1-16-7-5-8-17(15-16)19(20)22-11-9-18(23-19)21-10-6-14-24-12-3-2-4-13-24/h5,7-9,11,15,21,23H,2-4,6,10,12-14,20H2,1H3. The minimum atomic E-state index is -0.893. The highest BCUT2D eigenvalue weighted by Crippen LogP contribution is 2.20. The van der Waals surface area contributed by atoms with Crippen LogP contribution in [0.1, 0.15) is 36.8 Å². The zero-order chi connectivity index (χ0) is 16.8. The molecule has 2 heterocycles. The van der Waals surface area contributed by atoms with Gasteiger partial charge in [-0.2, -0.15) is 0 Å². The Morgan fingerprint density at radius 2 is 2.12 bits per heavy atom. The third kappa shape index (κ3) is 4.36. The van der Waals surface area contributed by atoms with Crippen molar-refractivity contribution in [3.8, 4) is 0 Å². The first kappa shape index (κ1) is 17.0. The van der Waals surface area contributed by atoms with Gasteiger partial charge < -0.3 is 15.5 Å². The van der Waals surface area contributed by atoms with Gasteiger partial charge in [0.05, 0.1) is 0 Å². The van der Waals surface area contributed by atoms with E-state index in [2.05, 4.69) is 39.6 Å². The molecule has 0 saturated carbocycles. The van der Waals surface area contributed by atoms with E-state index in [1.165, 1.54) is 44.5 Å². The SMILES string of the molecule is Cc1cccc(C2(N)N=CC=C(NCCCN3CCCCC3)N2)c1. The van der Waals surface area contributed by atoms with Crippen LogP contribution < -0.4 is 16.4 Å². The molecule has 0 aliphatic carbocycles. The van der Waals surface area contributed by atoms with Crippen LogP contribution in [0.25, 0.3) is 0 Å². The van der Waals surface area contributed by atoms with Crippen LogP contribution in [0.2, 0.25) is 0 Å². The number of piperidine rings is 1. The Hall–Kier alpha value is -1.85. The van der Waals surface area contributed by atoms with Crippen molar-refractivity contribution in [2.45, 2.75) is 38.4 Å². The van der Waals surface area contributed by atoms with E-state index >= 15 is 0 Å². The molecule has 5 heteroatoms. The Morgan fingerprint density at radius 1 is 1.29 bits per heavy atom. The summed E-state index contributed by atoms with van der Waals surface area (Å²) >= 11 is 0. The molecule has 2 aliphatic rings. The fraction of sp³-hybridized carbons (Fsp3) is 0.526. The summed E-state index contributed by atoms with van der Waals surface area (Å²) < 4.78 is 0. The van der Waals surface area contributed by atoms with Crippen molar-refractivity contribution in [1.29, 1.82) is 0 Å². The number of likely N-dealkylation sites (tertiary alicyclic amines) is 1. The number of hydrogen-bond acceptors (Lipinski definition) is 5. The van der Waals surface area contributed by atoms with Gasteiger partial charge in [0, 0.05) is 18.3 Å². The summed E-state index contributed by atoms with van der Waals surface area (Å²) in [5, 5.41) is 6.78. The van der Waals surface area contributed by atoms with Crippen molar-refractivity contribution in [1.82, 2.24) is 15.5 Å². The van der Waals surface area contributed by atoms with E-state index in [0.29, 0.717) is 0 Å². The third-order valence-electron chi connectivity index (χ3n) is 4.72. The van der Waals surface area contributed by atoms with Gasteiger partial charge in [0.2, 0.25) is 5.79 Å². The van der Waals surface area contributed by atoms with E-state index < -0.39 is 5.79 Å². The largest absolute Gasteiger partial charge is 0.372 e. The van der Waals surface area contributed by atoms with Crippen molar-refractivity contribution in [2.75, 3.05) is 26.2 Å². The smallest absolute Gasteiger partial charge is 0.210 e. The molecule has 0 aromatic heterocycles. The summed E-state index contributed by atoms with van der Waals surface area (Å²) in [6, 6.07) is 8.16. The van der Waals surface area contributed by atoms with E-state index in [4.69, 9.17) is 5.73 Å². The molecule has 1 unspecified atom stereocenters. The van der Waals surface area contributed by atoms with Gasteiger partial charge in [-0.15, -0.1) is 0 Å². The Morgan fingerprint density at radius 3 is 2.92 bits per heavy atom. The molecule has 1 atom stereocenters. The second-order valence-corrected chi connectivity index (χ2v) is 6.80. The van der Waals surface area contributed by atoms with E-state index in [0.717, 1.165) is 24.4 Å². The summed E-state index contributed by atoms with van der Waals surface area (Å²) in [7, 11) is 0. The molecule has 1 aromatic carbocycles. The average molecular weight is 327 g/mol. The molecular weight excluding hydrogens is 298 g/mol. The fourth-order valence-corrected chi connectivity index (χ4v) is 3.35. The number of nitrogens with zero attached hydrogens (tertiary/aromatic N) is 2. The van der Waals surface area contributed by atoms with Gasteiger partial charge in [-0.25, -0.2) is 4.99 Å². The molecule has 24 heavy (non-hydrogen) atoms. The van der Waals surface area contributed by atoms with Gasteiger partial charge in [-0.1, -0.05) is 36.2 Å². The van der Waals surface area contributed by atoms with Crippen LogP contribution in [0.15, 0.2) is 41.2 Å². The molecule has 1 aromatic rings. The van der Waals surface area contributed by atoms with Gasteiger partial charge in [0.15, 0.2) is 0 Å². The van der Waals surface area contributed by atoms with Gasteiger partial charge in [0.25, 0.3) is 0 Å². The molecule has 4 N–H and O–H groups in total. The van der Waals surface area contributed by atoms with Crippen LogP contribution in [0, 0.1) is 6.92 Å². The van der Waals surface area contributed by atoms with E-state index in [1.54, 1.807) is 6.21 Å². The van der Waals surface area contributed by atoms with E-state index in [9.17, 15) is 0 Å². The van der Waals surface area contributed by atoms with Gasteiger partial charge in [-0.3, -0.25) is 5.73 Å². The van der Waals surface area contributed by atoms with Gasteiger partial charge in [0.1, 0.15) is 5.82 Å². The summed E-state index contributed by atoms with van der Waals surface area (Å²) in [6.45, 7) is 6.68. The molecule has 5 nitrogen and oxygen atoms in total. The Balaban J connectivity index is 1.48. The monoisotopic (exact) mass is 327 g/mol. The summed E-state index contributed by atoms with van der Waals surface area (Å²) in [5.74, 6) is 0.0448. The van der Waals surface area contributed by atoms with Crippen LogP contribution in [-0.2, 0) is 5.79 Å². The second kappa shape index (κ2) is 7.81. The van der Waals surface area contributed by atoms with Crippen molar-refractivity contribution >= 4 is 6.21 Å². The van der Waals surface area contributed by atoms with Crippen LogP contribution in [0.3, 0.4) is 0 Å². The zero-order valence-corrected chi connectivity index (χ0v) is 14.6. The number of aliphatic imine (C=N–C) groups is 1. The average Bonchev–Trinajstić information content (AvgIpc) is 2.60. The predicted molar refractivity (Wildman–Crippen MR) is 99.7 cm³/mol. The first-order valence-electron chi connectivity index (χ1n) is 9.02. The number of rotatable bonds is 6. The summed E-state index contributed by atoms with van der Waals surface area (Å²) in [6.07, 6.45) is 8.96. The summed E-state index contributed by atoms with van der Waals surface area (Å²) in [4.78, 5) is 7.01. The van der Waals surface area contributed by atoms with Crippen molar-refractivity contribution in [3.63, 3.8) is 0 Å². The topological polar surface area (TPSA) is 65.7 Å². The maximum absolute atomic E-state index is 6.46. The van der Waals surface area contributed by atoms with Crippen LogP contribution in [0.4, 0.5) is 0 Å². The Bertz CT molecular complexity index is 604. The van der Waals surface area contributed by atoms with Crippen molar-refractivity contribution in [3.05, 3.63) is 47.3 Å². The number of hydrogen-bond donors (Lipinski definition) is 3. The van der Waals surface area contributed by atoms with Crippen LogP contribution in [-0.4, -0.2) is 37.3 Å². The molecule has 0 spiro atoms. The quantitative estimate of drug-likeness (QED) is 0.700. The molecule has 130 valence electrons. The Kier molecular flexibility index (Phi) is 5.53. The molecule has 0 bridgehead atoms. The minimum Gasteiger partial charge on any atom is -0.372 e. The maximum Gasteiger partial charge on any atom is 0.210 e. The molecule has 0 amide bonds. The van der Waals surface area contributed by atoms with Crippen LogP contribution >= 0.6 is 0 Å². The highest BCUT2D eigenvalue weighted by molar-refractivity contribution is 5.73. The normalized spacial score (nSPS) is 24.3. The number of nitrogens with two attached hydrogens (primary N) is 1. The zero-order valence-electron chi connectivity index (χ0n) is 14.6. The van der Waals surface area contributed by atoms with Crippen molar-refractivity contribution < 1.29 is 0 Å². The maximum atomic E-state index is 6.46. The van der Waals surface area contributed by atoms with Crippen LogP contribution in [0.5, 0.6) is 0 Å². The minimum absolute atomic E-state index is 0.893. The molecular formula is C19H29N5. The number of benzene rings is 1. The van der Waals surface area contributed by atoms with Crippen molar-refractivity contribution in [2.24, 2.45) is 10.7 Å². The first-order valence-corrected chi connectivity index (χ1v) is 9.02. The van der Waals surface area contributed by atoms with Gasteiger partial charge >= 0.3 is 0 Å². The fourth-order valence-electron chi connectivity index (χ4n) is 3.35. The molecule has 1 saturated heterocycles. The lowest BCUT2D eigenvalue weighted by Gasteiger charge is -2.32. The number of allylic oxidation sites excluding steroid dienone is 1. The lowest BCUT2D eigenvalue weighted by molar-refractivity contribution is 0.226. The molecule has 1 fully saturated rings. The third-order valence-corrected chi connectivity index (χ3v) is 4.72. The second-order valence-electron chi connectivity index (χ2n) is 6.80. The molecule has 2 aliphatic heterocycles. The summed E-state index contributed by atoms with van der Waals surface area (Å²) in [5.41, 5.74) is 8.61. The Labute approximate surface area is 145 Å².